The Balaban J connectivity index is 1.80. The predicted molar refractivity (Wildman–Crippen MR) is 93.1 cm³/mol. The van der Waals surface area contributed by atoms with Crippen molar-refractivity contribution >= 4 is 0 Å². The van der Waals surface area contributed by atoms with E-state index >= 15 is 4.39 Å². The van der Waals surface area contributed by atoms with Crippen LogP contribution in [0.25, 0.3) is 0 Å². The van der Waals surface area contributed by atoms with Gasteiger partial charge in [-0.25, -0.2) is 4.39 Å². The van der Waals surface area contributed by atoms with Gasteiger partial charge in [0, 0.05) is 11.3 Å². The molecule has 3 aliphatic rings. The van der Waals surface area contributed by atoms with E-state index < -0.39 is 16.7 Å². The van der Waals surface area contributed by atoms with Gasteiger partial charge in [-0.15, -0.1) is 6.42 Å². The zero-order valence-electron chi connectivity index (χ0n) is 14.8. The SMILES string of the molecule is C#C[C@]1(O)CC[C@H]2[C@@H]3CCc4cc(O)c(OC)cc4[C@@]3(F)CC[C@@]21C. The molecule has 0 radical (unpaired) electrons. The van der Waals surface area contributed by atoms with Gasteiger partial charge in [0.1, 0.15) is 11.3 Å². The Labute approximate surface area is 148 Å². The Morgan fingerprint density at radius 2 is 2.00 bits per heavy atom. The van der Waals surface area contributed by atoms with Crippen LogP contribution in [0.5, 0.6) is 11.5 Å². The van der Waals surface area contributed by atoms with Crippen molar-refractivity contribution in [3.05, 3.63) is 23.3 Å². The number of rotatable bonds is 1. The predicted octanol–water partition coefficient (Wildman–Crippen LogP) is 3.70. The Kier molecular flexibility index (Phi) is 3.44. The first-order chi connectivity index (χ1) is 11.8. The quantitative estimate of drug-likeness (QED) is 0.764. The van der Waals surface area contributed by atoms with Gasteiger partial charge in [-0.05, 0) is 67.7 Å². The topological polar surface area (TPSA) is 49.7 Å². The molecule has 0 aliphatic heterocycles. The fourth-order valence-corrected chi connectivity index (χ4v) is 5.94. The van der Waals surface area contributed by atoms with Crippen molar-refractivity contribution in [3.63, 3.8) is 0 Å². The van der Waals surface area contributed by atoms with E-state index in [9.17, 15) is 10.2 Å². The van der Waals surface area contributed by atoms with Crippen molar-refractivity contribution in [3.8, 4) is 23.8 Å². The summed E-state index contributed by atoms with van der Waals surface area (Å²) in [5.74, 6) is 2.90. The molecule has 0 unspecified atom stereocenters. The van der Waals surface area contributed by atoms with Crippen molar-refractivity contribution in [1.29, 1.82) is 0 Å². The summed E-state index contributed by atoms with van der Waals surface area (Å²) in [6.45, 7) is 2.04. The number of hydrogen-bond donors (Lipinski definition) is 2. The van der Waals surface area contributed by atoms with Crippen LogP contribution >= 0.6 is 0 Å². The molecule has 4 rings (SSSR count). The van der Waals surface area contributed by atoms with Gasteiger partial charge in [0.2, 0.25) is 0 Å². The van der Waals surface area contributed by atoms with E-state index in [0.717, 1.165) is 24.8 Å². The number of aryl methyl sites for hydroxylation is 1. The lowest BCUT2D eigenvalue weighted by molar-refractivity contribution is -0.120. The molecule has 0 spiro atoms. The molecule has 0 bridgehead atoms. The third kappa shape index (κ3) is 1.96. The monoisotopic (exact) mass is 344 g/mol. The van der Waals surface area contributed by atoms with E-state index in [-0.39, 0.29) is 17.6 Å². The Morgan fingerprint density at radius 3 is 2.68 bits per heavy atom. The fraction of sp³-hybridized carbons (Fsp3) is 0.619. The number of phenolic OH excluding ortho intramolecular Hbond substituents is 1. The van der Waals surface area contributed by atoms with Gasteiger partial charge in [0.05, 0.1) is 7.11 Å². The zero-order chi connectivity index (χ0) is 18.0. The number of terminal acetylenes is 1. The van der Waals surface area contributed by atoms with Crippen LogP contribution < -0.4 is 4.74 Å². The van der Waals surface area contributed by atoms with Crippen LogP contribution in [-0.2, 0) is 12.1 Å². The van der Waals surface area contributed by atoms with E-state index in [4.69, 9.17) is 11.2 Å². The van der Waals surface area contributed by atoms with Crippen LogP contribution in [0.4, 0.5) is 4.39 Å². The maximum absolute atomic E-state index is 16.4. The maximum Gasteiger partial charge on any atom is 0.160 e. The van der Waals surface area contributed by atoms with Gasteiger partial charge in [-0.3, -0.25) is 0 Å². The Bertz CT molecular complexity index is 769. The Hall–Kier alpha value is -1.73. The molecular formula is C21H25FO3. The lowest BCUT2D eigenvalue weighted by atomic mass is 9.52. The second kappa shape index (κ2) is 5.14. The lowest BCUT2D eigenvalue weighted by Gasteiger charge is -2.54. The molecule has 2 saturated carbocycles. The minimum absolute atomic E-state index is 0.0616. The van der Waals surface area contributed by atoms with E-state index in [0.29, 0.717) is 30.6 Å². The van der Waals surface area contributed by atoms with Crippen LogP contribution in [0.1, 0.15) is 50.2 Å². The molecule has 1 aromatic carbocycles. The first-order valence-corrected chi connectivity index (χ1v) is 9.08. The molecule has 5 atom stereocenters. The smallest absolute Gasteiger partial charge is 0.160 e. The highest BCUT2D eigenvalue weighted by atomic mass is 19.1. The molecule has 0 heterocycles. The van der Waals surface area contributed by atoms with Crippen molar-refractivity contribution in [1.82, 2.24) is 0 Å². The molecule has 4 heteroatoms. The number of ether oxygens (including phenoxy) is 1. The number of halogens is 1. The fourth-order valence-electron chi connectivity index (χ4n) is 5.94. The number of aliphatic hydroxyl groups is 1. The van der Waals surface area contributed by atoms with Crippen LogP contribution in [0.15, 0.2) is 12.1 Å². The summed E-state index contributed by atoms with van der Waals surface area (Å²) >= 11 is 0. The number of methoxy groups -OCH3 is 1. The first kappa shape index (κ1) is 16.7. The van der Waals surface area contributed by atoms with Crippen molar-refractivity contribution in [2.24, 2.45) is 17.3 Å². The minimum atomic E-state index is -1.45. The van der Waals surface area contributed by atoms with Gasteiger partial charge < -0.3 is 14.9 Å². The molecule has 134 valence electrons. The number of phenols is 1. The lowest BCUT2D eigenvalue weighted by Crippen LogP contribution is -2.54. The molecule has 3 nitrogen and oxygen atoms in total. The molecule has 0 amide bonds. The summed E-state index contributed by atoms with van der Waals surface area (Å²) in [7, 11) is 1.48. The van der Waals surface area contributed by atoms with Crippen LogP contribution in [0.2, 0.25) is 0 Å². The highest BCUT2D eigenvalue weighted by Crippen LogP contribution is 2.66. The minimum Gasteiger partial charge on any atom is -0.504 e. The number of aromatic hydroxyl groups is 1. The highest BCUT2D eigenvalue weighted by Gasteiger charge is 2.65. The number of benzene rings is 1. The number of alkyl halides is 1. The average molecular weight is 344 g/mol. The molecule has 2 fully saturated rings. The molecule has 0 saturated heterocycles. The summed E-state index contributed by atoms with van der Waals surface area (Å²) in [5.41, 5.74) is -1.49. The second-order valence-corrected chi connectivity index (χ2v) is 8.26. The molecule has 1 aromatic rings. The third-order valence-corrected chi connectivity index (χ3v) is 7.48. The molecular weight excluding hydrogens is 319 g/mol. The normalized spacial score (nSPS) is 42.0. The van der Waals surface area contributed by atoms with Crippen LogP contribution in [0.3, 0.4) is 0 Å². The molecule has 0 aromatic heterocycles. The summed E-state index contributed by atoms with van der Waals surface area (Å²) in [6, 6.07) is 3.31. The van der Waals surface area contributed by atoms with E-state index in [1.165, 1.54) is 7.11 Å². The zero-order valence-corrected chi connectivity index (χ0v) is 14.8. The average Bonchev–Trinajstić information content (AvgIpc) is 2.86. The van der Waals surface area contributed by atoms with E-state index in [2.05, 4.69) is 5.92 Å². The van der Waals surface area contributed by atoms with Crippen molar-refractivity contribution in [2.75, 3.05) is 7.11 Å². The van der Waals surface area contributed by atoms with Crippen LogP contribution in [-0.4, -0.2) is 22.9 Å². The number of hydrogen-bond acceptors (Lipinski definition) is 3. The van der Waals surface area contributed by atoms with Gasteiger partial charge >= 0.3 is 0 Å². The van der Waals surface area contributed by atoms with Gasteiger partial charge in [-0.2, -0.15) is 0 Å². The number of fused-ring (bicyclic) bond motifs is 5. The van der Waals surface area contributed by atoms with Gasteiger partial charge in [0.15, 0.2) is 11.5 Å². The highest BCUT2D eigenvalue weighted by molar-refractivity contribution is 5.50. The third-order valence-electron chi connectivity index (χ3n) is 7.48. The van der Waals surface area contributed by atoms with Crippen molar-refractivity contribution in [2.45, 2.75) is 56.7 Å². The largest absolute Gasteiger partial charge is 0.504 e. The summed E-state index contributed by atoms with van der Waals surface area (Å²) < 4.78 is 21.6. The van der Waals surface area contributed by atoms with E-state index in [1.807, 2.05) is 6.92 Å². The second-order valence-electron chi connectivity index (χ2n) is 8.26. The van der Waals surface area contributed by atoms with Gasteiger partial charge in [0.25, 0.3) is 0 Å². The first-order valence-electron chi connectivity index (χ1n) is 9.08. The molecule has 25 heavy (non-hydrogen) atoms. The maximum atomic E-state index is 16.4. The van der Waals surface area contributed by atoms with Crippen LogP contribution in [0, 0.1) is 29.6 Å². The van der Waals surface area contributed by atoms with E-state index in [1.54, 1.807) is 12.1 Å². The van der Waals surface area contributed by atoms with Gasteiger partial charge in [-0.1, -0.05) is 12.8 Å². The Morgan fingerprint density at radius 1 is 1.24 bits per heavy atom. The standard InChI is InChI=1S/C21H25FO3/c1-4-20(24)8-7-14-15-6-5-13-11-17(23)18(25-3)12-16(13)21(15,22)10-9-19(14,20)2/h1,11-12,14-15,23-24H,5-10H2,2-3H3/t14-,15-,19-,20-,21+/m0/s1. The summed E-state index contributed by atoms with van der Waals surface area (Å²) in [6.07, 6.45) is 9.31. The summed E-state index contributed by atoms with van der Waals surface area (Å²) in [5, 5.41) is 21.0. The summed E-state index contributed by atoms with van der Waals surface area (Å²) in [4.78, 5) is 0. The molecule has 2 N–H and O–H groups in total. The molecule has 3 aliphatic carbocycles. The van der Waals surface area contributed by atoms with Crippen molar-refractivity contribution < 1.29 is 19.3 Å².